The van der Waals surface area contributed by atoms with Crippen LogP contribution in [0.15, 0.2) is 72.8 Å². The van der Waals surface area contributed by atoms with Crippen LogP contribution < -0.4 is 14.5 Å². The summed E-state index contributed by atoms with van der Waals surface area (Å²) < 4.78 is 42.2. The third-order valence-corrected chi connectivity index (χ3v) is 16.4. The molecule has 382 valence electrons. The van der Waals surface area contributed by atoms with Crippen molar-refractivity contribution in [2.24, 2.45) is 17.8 Å². The molecule has 2 aliphatic heterocycles. The Hall–Kier alpha value is -6.65. The molecular formula is C58H61F3N10O2S. The number of aryl methyl sites for hydroxylation is 1. The first-order valence-corrected chi connectivity index (χ1v) is 27.2. The van der Waals surface area contributed by atoms with Gasteiger partial charge in [0.05, 0.1) is 34.6 Å². The number of rotatable bonds is 13. The molecule has 1 N–H and O–H groups in total. The molecule has 74 heavy (non-hydrogen) atoms. The molecule has 2 aromatic carbocycles. The van der Waals surface area contributed by atoms with Crippen LogP contribution in [-0.2, 0) is 9.59 Å². The molecular weight excluding hydrogens is 958 g/mol. The van der Waals surface area contributed by atoms with Crippen molar-refractivity contribution in [1.29, 1.82) is 10.5 Å². The maximum Gasteiger partial charge on any atom is 0.397 e. The number of carbonyl (C=O) groups is 2. The molecule has 12 rings (SSSR count). The number of hydrogen-bond acceptors (Lipinski definition) is 11. The second-order valence-corrected chi connectivity index (χ2v) is 22.2. The highest BCUT2D eigenvalue weighted by atomic mass is 32.2. The van der Waals surface area contributed by atoms with E-state index in [9.17, 15) is 33.3 Å². The summed E-state index contributed by atoms with van der Waals surface area (Å²) in [4.78, 5) is 48.2. The standard InChI is InChI=1S/C29H28F3N5O.C29H33N5OS/c1-17-11-23-20(15-34-17)3-2-4-22(23)24-12-21(14-33)28(35-27(24)19-7-8-19)36-9-10-37(25(16-36)18-5-6-18)26(38)13-29(30,31)32;1-3-36-32-23-6-4-5-22(15-23)26-18(2)24(16-30)28(31-27(26)20-9-10-20)33-13-14-34(29(35)21-11-12-21)25(17-33)19-7-8-19/h2-4,11-12,15,18-19,25H,5-10,13,16H2,1H3;3-6,15,19-21,25,32H,1,7-14,17H2,2H3. The molecule has 0 spiro atoms. The van der Waals surface area contributed by atoms with E-state index in [0.717, 1.165) is 138 Å². The van der Waals surface area contributed by atoms with Crippen LogP contribution in [-0.4, -0.2) is 94.1 Å². The lowest BCUT2D eigenvalue weighted by atomic mass is 9.93. The number of halogens is 3. The highest BCUT2D eigenvalue weighted by Crippen LogP contribution is 2.49. The van der Waals surface area contributed by atoms with Crippen molar-refractivity contribution in [3.63, 3.8) is 0 Å². The van der Waals surface area contributed by atoms with Gasteiger partial charge in [0.15, 0.2) is 0 Å². The molecule has 2 amide bonds. The molecule has 5 aliphatic carbocycles. The molecule has 5 heterocycles. The van der Waals surface area contributed by atoms with Gasteiger partial charge in [-0.1, -0.05) is 36.9 Å². The van der Waals surface area contributed by atoms with Gasteiger partial charge >= 0.3 is 6.18 Å². The molecule has 5 aromatic rings. The van der Waals surface area contributed by atoms with E-state index in [1.54, 1.807) is 5.41 Å². The lowest BCUT2D eigenvalue weighted by Gasteiger charge is -2.43. The fourth-order valence-corrected chi connectivity index (χ4v) is 11.7. The zero-order valence-corrected chi connectivity index (χ0v) is 42.8. The van der Waals surface area contributed by atoms with Gasteiger partial charge in [-0.15, -0.1) is 0 Å². The summed E-state index contributed by atoms with van der Waals surface area (Å²) in [7, 11) is 0. The summed E-state index contributed by atoms with van der Waals surface area (Å²) >= 11 is 1.45. The van der Waals surface area contributed by atoms with Gasteiger partial charge in [-0.3, -0.25) is 14.6 Å². The van der Waals surface area contributed by atoms with Crippen LogP contribution >= 0.6 is 11.9 Å². The average Bonchev–Trinajstić information content (AvgIpc) is 4.18. The Labute approximate surface area is 435 Å². The van der Waals surface area contributed by atoms with E-state index in [0.29, 0.717) is 53.7 Å². The van der Waals surface area contributed by atoms with Crippen molar-refractivity contribution in [2.75, 3.05) is 53.8 Å². The van der Waals surface area contributed by atoms with Gasteiger partial charge in [0, 0.05) is 91.1 Å². The predicted molar refractivity (Wildman–Crippen MR) is 283 cm³/mol. The maximum atomic E-state index is 13.0. The smallest absolute Gasteiger partial charge is 0.352 e. The molecule has 7 fully saturated rings. The van der Waals surface area contributed by atoms with Gasteiger partial charge in [-0.05, 0) is 154 Å². The summed E-state index contributed by atoms with van der Waals surface area (Å²) in [6.07, 6.45) is 6.53. The number of aromatic nitrogens is 3. The molecule has 12 nitrogen and oxygen atoms in total. The monoisotopic (exact) mass is 1020 g/mol. The van der Waals surface area contributed by atoms with Crippen LogP contribution in [0.1, 0.15) is 116 Å². The van der Waals surface area contributed by atoms with E-state index in [4.69, 9.17) is 9.97 Å². The quantitative estimate of drug-likeness (QED) is 0.112. The van der Waals surface area contributed by atoms with Crippen LogP contribution in [0.3, 0.4) is 0 Å². The number of anilines is 3. The maximum absolute atomic E-state index is 13.0. The zero-order valence-electron chi connectivity index (χ0n) is 42.0. The molecule has 16 heteroatoms. The van der Waals surface area contributed by atoms with Gasteiger partial charge in [0.2, 0.25) is 11.8 Å². The Bertz CT molecular complexity index is 3110. The van der Waals surface area contributed by atoms with Crippen molar-refractivity contribution < 1.29 is 22.8 Å². The number of pyridine rings is 3. The highest BCUT2D eigenvalue weighted by molar-refractivity contribution is 8.03. The first-order valence-electron chi connectivity index (χ1n) is 26.4. The Morgan fingerprint density at radius 2 is 1.43 bits per heavy atom. The summed E-state index contributed by atoms with van der Waals surface area (Å²) in [6.45, 7) is 11.0. The molecule has 5 saturated carbocycles. The lowest BCUT2D eigenvalue weighted by Crippen LogP contribution is -2.57. The average molecular weight is 1020 g/mol. The van der Waals surface area contributed by atoms with Gasteiger partial charge in [-0.2, -0.15) is 23.7 Å². The summed E-state index contributed by atoms with van der Waals surface area (Å²) in [5, 5.41) is 24.3. The molecule has 2 saturated heterocycles. The molecule has 2 unspecified atom stereocenters. The van der Waals surface area contributed by atoms with E-state index < -0.39 is 18.5 Å². The van der Waals surface area contributed by atoms with E-state index in [1.807, 2.05) is 48.4 Å². The third kappa shape index (κ3) is 10.5. The first-order chi connectivity index (χ1) is 35.8. The van der Waals surface area contributed by atoms with E-state index in [-0.39, 0.29) is 30.5 Å². The molecule has 7 aliphatic rings. The Balaban J connectivity index is 0.000000159. The van der Waals surface area contributed by atoms with Crippen LogP contribution in [0.4, 0.5) is 30.5 Å². The molecule has 0 bridgehead atoms. The first kappa shape index (κ1) is 49.6. The predicted octanol–water partition coefficient (Wildman–Crippen LogP) is 11.6. The number of nitrogens with one attached hydrogen (secondary N) is 1. The fraction of sp³-hybridized carbons (Fsp3) is 0.466. The number of amides is 2. The number of nitriles is 2. The van der Waals surface area contributed by atoms with E-state index in [2.05, 4.69) is 69.4 Å². The summed E-state index contributed by atoms with van der Waals surface area (Å²) in [5.74, 6) is 2.67. The van der Waals surface area contributed by atoms with Crippen molar-refractivity contribution in [3.05, 3.63) is 107 Å². The number of piperazine rings is 2. The van der Waals surface area contributed by atoms with E-state index in [1.165, 1.54) is 29.7 Å². The van der Waals surface area contributed by atoms with Gasteiger partial charge < -0.3 is 24.3 Å². The minimum absolute atomic E-state index is 0.190. The zero-order chi connectivity index (χ0) is 51.4. The Morgan fingerprint density at radius 1 is 0.784 bits per heavy atom. The molecule has 3 aromatic heterocycles. The van der Waals surface area contributed by atoms with Crippen LogP contribution in [0.25, 0.3) is 33.0 Å². The van der Waals surface area contributed by atoms with Gasteiger partial charge in [-0.25, -0.2) is 9.97 Å². The number of carbonyl (C=O) groups excluding carboxylic acids is 2. The van der Waals surface area contributed by atoms with Crippen LogP contribution in [0.2, 0.25) is 0 Å². The number of hydrogen-bond donors (Lipinski definition) is 1. The normalized spacial score (nSPS) is 20.9. The minimum atomic E-state index is -4.52. The van der Waals surface area contributed by atoms with Crippen molar-refractivity contribution >= 4 is 51.9 Å². The van der Waals surface area contributed by atoms with Gasteiger partial charge in [0.25, 0.3) is 0 Å². The van der Waals surface area contributed by atoms with E-state index >= 15 is 0 Å². The largest absolute Gasteiger partial charge is 0.397 e. The topological polar surface area (TPSA) is 145 Å². The summed E-state index contributed by atoms with van der Waals surface area (Å²) in [5.41, 5.74) is 10.3. The molecule has 2 atom stereocenters. The number of nitrogens with zero attached hydrogens (tertiary/aromatic N) is 9. The minimum Gasteiger partial charge on any atom is -0.352 e. The SMILES string of the molecule is C=CSNc1cccc(-c2c(C3CC3)nc(N3CCN(C(=O)C4CC4)C(C4CC4)C3)c(C#N)c2C)c1.Cc1cc2c(-c3cc(C#N)c(N4CCN(C(=O)CC(F)(F)F)C(C5CC5)C4)nc3C3CC3)cccc2cn1. The second-order valence-electron chi connectivity index (χ2n) is 21.5. The Kier molecular flexibility index (Phi) is 13.5. The van der Waals surface area contributed by atoms with Crippen molar-refractivity contribution in [2.45, 2.75) is 115 Å². The Morgan fingerprint density at radius 3 is 2.07 bits per heavy atom. The molecule has 0 radical (unpaired) electrons. The van der Waals surface area contributed by atoms with Gasteiger partial charge in [0.1, 0.15) is 30.2 Å². The number of benzene rings is 2. The fourth-order valence-electron chi connectivity index (χ4n) is 11.4. The lowest BCUT2D eigenvalue weighted by molar-refractivity contribution is -0.163. The van der Waals surface area contributed by atoms with Crippen molar-refractivity contribution in [3.8, 4) is 34.4 Å². The number of fused-ring (bicyclic) bond motifs is 1. The number of alkyl halides is 3. The second kappa shape index (κ2) is 20.2. The third-order valence-electron chi connectivity index (χ3n) is 15.9. The van der Waals surface area contributed by atoms with Crippen LogP contribution in [0, 0.1) is 54.3 Å². The summed E-state index contributed by atoms with van der Waals surface area (Å²) in [6, 6.07) is 23.2. The van der Waals surface area contributed by atoms with Crippen LogP contribution in [0.5, 0.6) is 0 Å². The highest BCUT2D eigenvalue weighted by Gasteiger charge is 2.47. The van der Waals surface area contributed by atoms with Crippen molar-refractivity contribution in [1.82, 2.24) is 24.8 Å².